The second-order valence-corrected chi connectivity index (χ2v) is 9.06. The van der Waals surface area contributed by atoms with E-state index in [-0.39, 0.29) is 0 Å². The molecule has 0 bridgehead atoms. The molecule has 0 spiro atoms. The molecular weight excluding hydrogens is 410 g/mol. The van der Waals surface area contributed by atoms with Crippen LogP contribution < -0.4 is 10.2 Å². The van der Waals surface area contributed by atoms with Crippen molar-refractivity contribution in [1.29, 1.82) is 0 Å². The third-order valence-corrected chi connectivity index (χ3v) is 6.81. The van der Waals surface area contributed by atoms with Gasteiger partial charge in [-0.2, -0.15) is 5.10 Å². The van der Waals surface area contributed by atoms with E-state index < -0.39 is 0 Å². The molecule has 2 aromatic carbocycles. The van der Waals surface area contributed by atoms with Crippen molar-refractivity contribution in [2.75, 3.05) is 43.4 Å². The monoisotopic (exact) mass is 439 g/mol. The predicted octanol–water partition coefficient (Wildman–Crippen LogP) is 4.71. The lowest BCUT2D eigenvalue weighted by Crippen LogP contribution is -2.44. The lowest BCUT2D eigenvalue weighted by Gasteiger charge is -2.34. The maximum atomic E-state index is 4.68. The highest BCUT2D eigenvalue weighted by atomic mass is 15.2. The molecule has 1 saturated heterocycles. The molecule has 7 heteroatoms. The molecule has 2 aliphatic rings. The maximum absolute atomic E-state index is 4.68. The summed E-state index contributed by atoms with van der Waals surface area (Å²) in [6, 6.07) is 19.1. The number of fused-ring (bicyclic) bond motifs is 1. The molecule has 3 heterocycles. The fourth-order valence-corrected chi connectivity index (χ4v) is 4.59. The van der Waals surface area contributed by atoms with Crippen LogP contribution in [0.4, 0.5) is 11.5 Å². The lowest BCUT2D eigenvalue weighted by atomic mass is 9.88. The summed E-state index contributed by atoms with van der Waals surface area (Å²) in [5, 5.41) is 11.3. The highest BCUT2D eigenvalue weighted by Crippen LogP contribution is 2.35. The first-order valence-corrected chi connectivity index (χ1v) is 11.8. The zero-order valence-electron chi connectivity index (χ0n) is 18.9. The van der Waals surface area contributed by atoms with Gasteiger partial charge in [-0.1, -0.05) is 24.3 Å². The Bertz CT molecular complexity index is 1250. The molecule has 2 aromatic heterocycles. The van der Waals surface area contributed by atoms with E-state index in [2.05, 4.69) is 66.6 Å². The average molecular weight is 440 g/mol. The first-order valence-electron chi connectivity index (χ1n) is 11.8. The van der Waals surface area contributed by atoms with Crippen molar-refractivity contribution < 1.29 is 0 Å². The molecule has 3 N–H and O–H groups in total. The number of anilines is 2. The molecule has 0 radical (unpaired) electrons. The number of aromatic nitrogens is 4. The molecule has 0 unspecified atom stereocenters. The van der Waals surface area contributed by atoms with Crippen LogP contribution in [0, 0.1) is 0 Å². The zero-order chi connectivity index (χ0) is 22.2. The van der Waals surface area contributed by atoms with Crippen LogP contribution in [0.25, 0.3) is 28.2 Å². The first kappa shape index (κ1) is 20.1. The first-order chi connectivity index (χ1) is 16.2. The van der Waals surface area contributed by atoms with Gasteiger partial charge in [0.05, 0.1) is 11.0 Å². The van der Waals surface area contributed by atoms with Crippen LogP contribution in [0.1, 0.15) is 24.8 Å². The van der Waals surface area contributed by atoms with Crippen LogP contribution >= 0.6 is 0 Å². The van der Waals surface area contributed by atoms with Gasteiger partial charge in [-0.3, -0.25) is 5.10 Å². The number of imidazole rings is 1. The third-order valence-electron chi connectivity index (χ3n) is 6.81. The van der Waals surface area contributed by atoms with E-state index in [4.69, 9.17) is 0 Å². The Balaban J connectivity index is 1.23. The van der Waals surface area contributed by atoms with Gasteiger partial charge in [0.25, 0.3) is 0 Å². The van der Waals surface area contributed by atoms with E-state index in [1.807, 2.05) is 30.3 Å². The Morgan fingerprint density at radius 1 is 0.970 bits per heavy atom. The molecule has 4 aromatic rings. The number of benzene rings is 2. The molecule has 168 valence electrons. The number of H-pyrrole nitrogens is 2. The van der Waals surface area contributed by atoms with Crippen molar-refractivity contribution in [3.63, 3.8) is 0 Å². The van der Waals surface area contributed by atoms with Crippen LogP contribution in [-0.2, 0) is 0 Å². The number of para-hydroxylation sites is 2. The standard InChI is InChI=1S/C26H29N7/c1-32-13-15-33(16-14-32)20-11-9-19(10-12-20)25(18-5-4-6-18)29-24-17-23(30-31-24)26-27-21-7-2-3-8-22(21)28-26/h2-3,7-12,17H,4-6,13-16H2,1H3,(H,27,28)(H2,29,30,31). The van der Waals surface area contributed by atoms with Crippen LogP contribution in [-0.4, -0.2) is 58.3 Å². The Morgan fingerprint density at radius 3 is 2.48 bits per heavy atom. The minimum absolute atomic E-state index is 0.797. The summed E-state index contributed by atoms with van der Waals surface area (Å²) in [5.41, 5.74) is 8.03. The molecule has 1 aliphatic heterocycles. The van der Waals surface area contributed by atoms with Gasteiger partial charge in [-0.05, 0) is 61.7 Å². The number of rotatable bonds is 5. The van der Waals surface area contributed by atoms with Gasteiger partial charge in [0.2, 0.25) is 0 Å². The molecule has 0 amide bonds. The summed E-state index contributed by atoms with van der Waals surface area (Å²) in [6.07, 6.45) is 3.54. The number of hydrogen-bond donors (Lipinski definition) is 3. The lowest BCUT2D eigenvalue weighted by molar-refractivity contribution is 0.313. The number of aromatic amines is 2. The van der Waals surface area contributed by atoms with E-state index in [9.17, 15) is 0 Å². The van der Waals surface area contributed by atoms with Gasteiger partial charge < -0.3 is 20.1 Å². The molecule has 0 atom stereocenters. The molecule has 1 saturated carbocycles. The second kappa shape index (κ2) is 8.41. The summed E-state index contributed by atoms with van der Waals surface area (Å²) < 4.78 is 0. The number of nitrogens with one attached hydrogen (secondary N) is 3. The topological polar surface area (TPSA) is 75.9 Å². The maximum Gasteiger partial charge on any atom is 0.156 e. The number of hydrogen-bond acceptors (Lipinski definition) is 5. The fourth-order valence-electron chi connectivity index (χ4n) is 4.59. The summed E-state index contributed by atoms with van der Waals surface area (Å²) in [7, 11) is 2.19. The van der Waals surface area contributed by atoms with E-state index in [1.165, 1.54) is 28.9 Å². The summed E-state index contributed by atoms with van der Waals surface area (Å²) in [6.45, 7) is 4.40. The van der Waals surface area contributed by atoms with Crippen molar-refractivity contribution in [1.82, 2.24) is 25.1 Å². The number of piperazine rings is 1. The summed E-state index contributed by atoms with van der Waals surface area (Å²) in [5.74, 6) is 1.61. The van der Waals surface area contributed by atoms with Crippen molar-refractivity contribution in [2.45, 2.75) is 19.3 Å². The third kappa shape index (κ3) is 4.00. The zero-order valence-corrected chi connectivity index (χ0v) is 18.9. The molecule has 1 aliphatic carbocycles. The van der Waals surface area contributed by atoms with Crippen LogP contribution in [0.2, 0.25) is 0 Å². The Labute approximate surface area is 193 Å². The minimum atomic E-state index is 0.797. The quantitative estimate of drug-likeness (QED) is 0.420. The number of likely N-dealkylation sites (N-methyl/N-ethyl adjacent to an activating group) is 1. The Kier molecular flexibility index (Phi) is 5.11. The summed E-state index contributed by atoms with van der Waals surface area (Å²) >= 11 is 0. The van der Waals surface area contributed by atoms with Crippen molar-refractivity contribution >= 4 is 28.2 Å². The van der Waals surface area contributed by atoms with Gasteiger partial charge in [0, 0.05) is 43.6 Å². The fraction of sp³-hybridized carbons (Fsp3) is 0.308. The molecule has 33 heavy (non-hydrogen) atoms. The highest BCUT2D eigenvalue weighted by Gasteiger charge is 2.19. The van der Waals surface area contributed by atoms with E-state index in [0.717, 1.165) is 67.4 Å². The average Bonchev–Trinajstić information content (AvgIpc) is 3.45. The predicted molar refractivity (Wildman–Crippen MR) is 134 cm³/mol. The van der Waals surface area contributed by atoms with Gasteiger partial charge in [0.1, 0.15) is 5.69 Å². The van der Waals surface area contributed by atoms with Gasteiger partial charge in [-0.15, -0.1) is 0 Å². The van der Waals surface area contributed by atoms with Crippen LogP contribution in [0.3, 0.4) is 0 Å². The normalized spacial score (nSPS) is 16.8. The van der Waals surface area contributed by atoms with Crippen LogP contribution in [0.15, 0.2) is 60.2 Å². The SMILES string of the molecule is CN1CCN(c2ccc(C(Nc3cc(-c4nc5ccccc5[nH]4)[nH]n3)=C3CCC3)cc2)CC1. The molecular formula is C26H29N7. The van der Waals surface area contributed by atoms with Gasteiger partial charge in [0.15, 0.2) is 11.6 Å². The second-order valence-electron chi connectivity index (χ2n) is 9.06. The highest BCUT2D eigenvalue weighted by molar-refractivity contribution is 5.82. The number of allylic oxidation sites excluding steroid dienone is 1. The summed E-state index contributed by atoms with van der Waals surface area (Å²) in [4.78, 5) is 12.9. The van der Waals surface area contributed by atoms with E-state index in [0.29, 0.717) is 0 Å². The van der Waals surface area contributed by atoms with Gasteiger partial charge >= 0.3 is 0 Å². The smallest absolute Gasteiger partial charge is 0.156 e. The molecule has 7 nitrogen and oxygen atoms in total. The van der Waals surface area contributed by atoms with Crippen molar-refractivity contribution in [3.05, 3.63) is 65.7 Å². The van der Waals surface area contributed by atoms with Crippen molar-refractivity contribution in [3.8, 4) is 11.5 Å². The van der Waals surface area contributed by atoms with Crippen LogP contribution in [0.5, 0.6) is 0 Å². The van der Waals surface area contributed by atoms with E-state index in [1.54, 1.807) is 0 Å². The minimum Gasteiger partial charge on any atom is -0.369 e. The Hall–Kier alpha value is -3.58. The number of nitrogens with zero attached hydrogens (tertiary/aromatic N) is 4. The van der Waals surface area contributed by atoms with E-state index >= 15 is 0 Å². The van der Waals surface area contributed by atoms with Crippen molar-refractivity contribution in [2.24, 2.45) is 0 Å². The molecule has 6 rings (SSSR count). The largest absolute Gasteiger partial charge is 0.369 e. The Morgan fingerprint density at radius 2 is 1.76 bits per heavy atom. The molecule has 2 fully saturated rings. The van der Waals surface area contributed by atoms with Gasteiger partial charge in [-0.25, -0.2) is 4.98 Å².